The van der Waals surface area contributed by atoms with Crippen molar-refractivity contribution in [1.29, 1.82) is 5.26 Å². The molecule has 1 aromatic heterocycles. The molecule has 0 atom stereocenters. The lowest BCUT2D eigenvalue weighted by atomic mass is 9.83. The normalized spacial score (nSPS) is 21.4. The molecule has 158 valence electrons. The van der Waals surface area contributed by atoms with E-state index in [2.05, 4.69) is 66.4 Å². The van der Waals surface area contributed by atoms with Gasteiger partial charge >= 0.3 is 0 Å². The SMILES string of the molecule is Cc1c(-c2ccccc2)cccc1-c1nc2c(s1)CN(C1CCC(CC#N)CC1)CC2. The van der Waals surface area contributed by atoms with E-state index in [1.165, 1.54) is 63.5 Å². The fourth-order valence-electron chi connectivity index (χ4n) is 5.28. The molecule has 3 aromatic rings. The average Bonchev–Trinajstić information content (AvgIpc) is 3.24. The Morgan fingerprint density at radius 1 is 1.03 bits per heavy atom. The Kier molecular flexibility index (Phi) is 5.89. The van der Waals surface area contributed by atoms with Gasteiger partial charge in [0.25, 0.3) is 0 Å². The monoisotopic (exact) mass is 427 g/mol. The molecule has 1 saturated carbocycles. The molecule has 5 rings (SSSR count). The standard InChI is InChI=1S/C27H29N3S/c1-19-23(21-6-3-2-4-7-21)8-5-9-24(19)27-29-25-15-17-30(18-26(25)31-27)22-12-10-20(11-13-22)14-16-28/h2-9,20,22H,10-15,17-18H2,1H3. The predicted octanol–water partition coefficient (Wildman–Crippen LogP) is 6.62. The van der Waals surface area contributed by atoms with Crippen LogP contribution in [-0.4, -0.2) is 22.5 Å². The Bertz CT molecular complexity index is 1090. The van der Waals surface area contributed by atoms with Crippen LogP contribution in [0.2, 0.25) is 0 Å². The summed E-state index contributed by atoms with van der Waals surface area (Å²) in [5, 5.41) is 10.1. The van der Waals surface area contributed by atoms with Crippen molar-refractivity contribution in [1.82, 2.24) is 9.88 Å². The quantitative estimate of drug-likeness (QED) is 0.470. The maximum absolute atomic E-state index is 8.97. The van der Waals surface area contributed by atoms with Crippen molar-refractivity contribution in [2.75, 3.05) is 6.54 Å². The number of nitrogens with zero attached hydrogens (tertiary/aromatic N) is 3. The van der Waals surface area contributed by atoms with E-state index in [4.69, 9.17) is 10.2 Å². The number of benzene rings is 2. The first-order valence-corrected chi connectivity index (χ1v) is 12.3. The number of rotatable bonds is 4. The maximum Gasteiger partial charge on any atom is 0.124 e. The van der Waals surface area contributed by atoms with Gasteiger partial charge in [0, 0.05) is 42.4 Å². The third kappa shape index (κ3) is 4.18. The first kappa shape index (κ1) is 20.4. The van der Waals surface area contributed by atoms with Gasteiger partial charge in [0.15, 0.2) is 0 Å². The van der Waals surface area contributed by atoms with Gasteiger partial charge in [-0.1, -0.05) is 48.5 Å². The lowest BCUT2D eigenvalue weighted by Gasteiger charge is -2.38. The summed E-state index contributed by atoms with van der Waals surface area (Å²) in [6.07, 6.45) is 6.69. The third-order valence-corrected chi connectivity index (χ3v) is 8.24. The van der Waals surface area contributed by atoms with Crippen molar-refractivity contribution in [3.63, 3.8) is 0 Å². The van der Waals surface area contributed by atoms with E-state index in [1.54, 1.807) is 0 Å². The highest BCUT2D eigenvalue weighted by Gasteiger charge is 2.30. The number of thiazole rings is 1. The van der Waals surface area contributed by atoms with Gasteiger partial charge in [0.1, 0.15) is 5.01 Å². The molecule has 0 N–H and O–H groups in total. The molecule has 0 unspecified atom stereocenters. The lowest BCUT2D eigenvalue weighted by molar-refractivity contribution is 0.125. The third-order valence-electron chi connectivity index (χ3n) is 7.12. The van der Waals surface area contributed by atoms with Gasteiger partial charge in [-0.15, -0.1) is 11.3 Å². The van der Waals surface area contributed by atoms with E-state index >= 15 is 0 Å². The van der Waals surface area contributed by atoms with Crippen LogP contribution in [0.15, 0.2) is 48.5 Å². The van der Waals surface area contributed by atoms with Crippen LogP contribution in [0.5, 0.6) is 0 Å². The zero-order valence-electron chi connectivity index (χ0n) is 18.2. The summed E-state index contributed by atoms with van der Waals surface area (Å²) in [7, 11) is 0. The first-order valence-electron chi connectivity index (χ1n) is 11.5. The molecular weight excluding hydrogens is 398 g/mol. The van der Waals surface area contributed by atoms with Gasteiger partial charge in [-0.05, 0) is 55.2 Å². The molecule has 0 saturated heterocycles. The van der Waals surface area contributed by atoms with E-state index < -0.39 is 0 Å². The van der Waals surface area contributed by atoms with E-state index in [1.807, 2.05) is 11.3 Å². The van der Waals surface area contributed by atoms with Crippen LogP contribution < -0.4 is 0 Å². The molecule has 1 fully saturated rings. The largest absolute Gasteiger partial charge is 0.295 e. The van der Waals surface area contributed by atoms with Crippen molar-refractivity contribution >= 4 is 11.3 Å². The predicted molar refractivity (Wildman–Crippen MR) is 128 cm³/mol. The molecule has 31 heavy (non-hydrogen) atoms. The molecule has 1 aliphatic heterocycles. The molecule has 2 aromatic carbocycles. The van der Waals surface area contributed by atoms with Crippen LogP contribution in [0.4, 0.5) is 0 Å². The second kappa shape index (κ2) is 8.94. The zero-order valence-corrected chi connectivity index (χ0v) is 19.0. The highest BCUT2D eigenvalue weighted by Crippen LogP contribution is 2.38. The summed E-state index contributed by atoms with van der Waals surface area (Å²) in [4.78, 5) is 9.22. The molecule has 2 aliphatic rings. The fraction of sp³-hybridized carbons (Fsp3) is 0.407. The molecular formula is C27H29N3S. The van der Waals surface area contributed by atoms with E-state index in [0.717, 1.165) is 25.9 Å². The summed E-state index contributed by atoms with van der Waals surface area (Å²) in [5.41, 5.74) is 6.44. The molecule has 0 amide bonds. The number of aromatic nitrogens is 1. The van der Waals surface area contributed by atoms with Crippen molar-refractivity contribution < 1.29 is 0 Å². The van der Waals surface area contributed by atoms with Crippen LogP contribution in [0, 0.1) is 24.2 Å². The number of fused-ring (bicyclic) bond motifs is 1. The van der Waals surface area contributed by atoms with E-state index in [9.17, 15) is 0 Å². The Morgan fingerprint density at radius 2 is 1.81 bits per heavy atom. The topological polar surface area (TPSA) is 39.9 Å². The first-order chi connectivity index (χ1) is 15.2. The molecule has 3 nitrogen and oxygen atoms in total. The molecule has 4 heteroatoms. The smallest absolute Gasteiger partial charge is 0.124 e. The Hall–Kier alpha value is -2.48. The lowest BCUT2D eigenvalue weighted by Crippen LogP contribution is -2.41. The van der Waals surface area contributed by atoms with Gasteiger partial charge < -0.3 is 0 Å². The highest BCUT2D eigenvalue weighted by atomic mass is 32.1. The number of nitriles is 1. The summed E-state index contributed by atoms with van der Waals surface area (Å²) in [6, 6.07) is 20.3. The minimum atomic E-state index is 0.622. The summed E-state index contributed by atoms with van der Waals surface area (Å²) in [5.74, 6) is 0.622. The molecule has 0 bridgehead atoms. The number of hydrogen-bond acceptors (Lipinski definition) is 4. The van der Waals surface area contributed by atoms with Gasteiger partial charge in [-0.3, -0.25) is 4.90 Å². The van der Waals surface area contributed by atoms with Gasteiger partial charge in [-0.25, -0.2) is 4.98 Å². The van der Waals surface area contributed by atoms with Gasteiger partial charge in [0.05, 0.1) is 11.8 Å². The molecule has 0 radical (unpaired) electrons. The summed E-state index contributed by atoms with van der Waals surface area (Å²) < 4.78 is 0. The van der Waals surface area contributed by atoms with Crippen molar-refractivity contribution in [2.24, 2.45) is 5.92 Å². The van der Waals surface area contributed by atoms with Crippen molar-refractivity contribution in [3.05, 3.63) is 64.7 Å². The Balaban J connectivity index is 1.35. The van der Waals surface area contributed by atoms with Crippen molar-refractivity contribution in [2.45, 2.75) is 58.0 Å². The summed E-state index contributed by atoms with van der Waals surface area (Å²) >= 11 is 1.89. The Morgan fingerprint density at radius 3 is 2.58 bits per heavy atom. The highest BCUT2D eigenvalue weighted by molar-refractivity contribution is 7.15. The second-order valence-corrected chi connectivity index (χ2v) is 10.1. The number of hydrogen-bond donors (Lipinski definition) is 0. The zero-order chi connectivity index (χ0) is 21.2. The minimum Gasteiger partial charge on any atom is -0.295 e. The second-order valence-electron chi connectivity index (χ2n) is 8.99. The van der Waals surface area contributed by atoms with Gasteiger partial charge in [-0.2, -0.15) is 5.26 Å². The maximum atomic E-state index is 8.97. The van der Waals surface area contributed by atoms with Crippen molar-refractivity contribution in [3.8, 4) is 27.8 Å². The summed E-state index contributed by atoms with van der Waals surface area (Å²) in [6.45, 7) is 4.38. The molecule has 2 heterocycles. The van der Waals surface area contributed by atoms with Crippen LogP contribution in [-0.2, 0) is 13.0 Å². The van der Waals surface area contributed by atoms with Crippen LogP contribution in [0.3, 0.4) is 0 Å². The van der Waals surface area contributed by atoms with Gasteiger partial charge in [0.2, 0.25) is 0 Å². The molecule has 1 aliphatic carbocycles. The van der Waals surface area contributed by atoms with E-state index in [-0.39, 0.29) is 0 Å². The average molecular weight is 428 g/mol. The van der Waals surface area contributed by atoms with Crippen LogP contribution >= 0.6 is 11.3 Å². The van der Waals surface area contributed by atoms with E-state index in [0.29, 0.717) is 12.0 Å². The van der Waals surface area contributed by atoms with Crippen LogP contribution in [0.25, 0.3) is 21.7 Å². The minimum absolute atomic E-state index is 0.622. The fourth-order valence-corrected chi connectivity index (χ4v) is 6.50. The molecule has 0 spiro atoms. The van der Waals surface area contributed by atoms with Crippen LogP contribution in [0.1, 0.15) is 48.2 Å². The Labute approximate surface area is 189 Å².